The molecule has 0 aromatic heterocycles. The van der Waals surface area contributed by atoms with Gasteiger partial charge in [0.25, 0.3) is 0 Å². The summed E-state index contributed by atoms with van der Waals surface area (Å²) in [6, 6.07) is 7.08. The average Bonchev–Trinajstić information content (AvgIpc) is 2.37. The van der Waals surface area contributed by atoms with Gasteiger partial charge in [-0.05, 0) is 18.2 Å². The normalized spacial score (nSPS) is 17.7. The van der Waals surface area contributed by atoms with Crippen molar-refractivity contribution in [3.8, 4) is 11.8 Å². The van der Waals surface area contributed by atoms with Crippen LogP contribution in [0.4, 0.5) is 5.69 Å². The molecule has 0 amide bonds. The zero-order valence-corrected chi connectivity index (χ0v) is 9.64. The van der Waals surface area contributed by atoms with E-state index in [0.717, 1.165) is 5.69 Å². The van der Waals surface area contributed by atoms with Crippen molar-refractivity contribution in [2.75, 3.05) is 25.6 Å². The molecule has 0 radical (unpaired) electrons. The molecule has 5 heteroatoms. The van der Waals surface area contributed by atoms with Gasteiger partial charge in [-0.1, -0.05) is 0 Å². The molecule has 0 N–H and O–H groups in total. The molecule has 2 rings (SSSR count). The minimum Gasteiger partial charge on any atom is -0.472 e. The number of nitrogens with zero attached hydrogens (tertiary/aromatic N) is 2. The molecule has 5 nitrogen and oxygen atoms in total. The Balaban J connectivity index is 2.37. The predicted molar refractivity (Wildman–Crippen MR) is 61.1 cm³/mol. The standard InChI is InChI=1S/C12H12N2O3/c1-14-7-9(6-13)17-11-4-3-8(5-10(11)14)12(15)16-2/h3-5,9H,7H2,1-2H3. The Morgan fingerprint density at radius 2 is 2.41 bits per heavy atom. The fourth-order valence-electron chi connectivity index (χ4n) is 1.76. The van der Waals surface area contributed by atoms with E-state index in [0.29, 0.717) is 17.9 Å². The van der Waals surface area contributed by atoms with Gasteiger partial charge in [0.2, 0.25) is 6.10 Å². The van der Waals surface area contributed by atoms with Crippen molar-refractivity contribution in [3.63, 3.8) is 0 Å². The Morgan fingerprint density at radius 3 is 3.06 bits per heavy atom. The lowest BCUT2D eigenvalue weighted by atomic mass is 10.1. The smallest absolute Gasteiger partial charge is 0.337 e. The number of nitriles is 1. The molecule has 0 saturated heterocycles. The van der Waals surface area contributed by atoms with Crippen LogP contribution in [0.5, 0.6) is 5.75 Å². The van der Waals surface area contributed by atoms with E-state index in [1.165, 1.54) is 7.11 Å². The number of ether oxygens (including phenoxy) is 2. The number of hydrogen-bond acceptors (Lipinski definition) is 5. The molecule has 0 aliphatic carbocycles. The van der Waals surface area contributed by atoms with E-state index >= 15 is 0 Å². The fraction of sp³-hybridized carbons (Fsp3) is 0.333. The van der Waals surface area contributed by atoms with Crippen LogP contribution in [0.1, 0.15) is 10.4 Å². The third-order valence-electron chi connectivity index (χ3n) is 2.64. The zero-order valence-electron chi connectivity index (χ0n) is 9.64. The molecule has 17 heavy (non-hydrogen) atoms. The summed E-state index contributed by atoms with van der Waals surface area (Å²) in [5.74, 6) is 0.224. The highest BCUT2D eigenvalue weighted by molar-refractivity contribution is 5.91. The number of esters is 1. The second kappa shape index (κ2) is 4.34. The largest absolute Gasteiger partial charge is 0.472 e. The number of hydrogen-bond donors (Lipinski definition) is 0. The SMILES string of the molecule is COC(=O)c1ccc2c(c1)N(C)CC(C#N)O2. The lowest BCUT2D eigenvalue weighted by molar-refractivity contribution is 0.0600. The van der Waals surface area contributed by atoms with E-state index in [-0.39, 0.29) is 5.97 Å². The van der Waals surface area contributed by atoms with Gasteiger partial charge in [0.05, 0.1) is 24.9 Å². The number of carbonyl (C=O) groups excluding carboxylic acids is 1. The number of anilines is 1. The zero-order chi connectivity index (χ0) is 12.4. The maximum atomic E-state index is 11.4. The Labute approximate surface area is 99.2 Å². The van der Waals surface area contributed by atoms with Crippen LogP contribution in [0, 0.1) is 11.3 Å². The fourth-order valence-corrected chi connectivity index (χ4v) is 1.76. The van der Waals surface area contributed by atoms with E-state index in [1.807, 2.05) is 11.9 Å². The van der Waals surface area contributed by atoms with Crippen LogP contribution >= 0.6 is 0 Å². The molecule has 0 saturated carbocycles. The van der Waals surface area contributed by atoms with Gasteiger partial charge in [0.15, 0.2) is 0 Å². The highest BCUT2D eigenvalue weighted by Gasteiger charge is 2.24. The molecular formula is C12H12N2O3. The summed E-state index contributed by atoms with van der Waals surface area (Å²) in [5, 5.41) is 8.84. The summed E-state index contributed by atoms with van der Waals surface area (Å²) >= 11 is 0. The molecule has 88 valence electrons. The minimum absolute atomic E-state index is 0.386. The predicted octanol–water partition coefficient (Wildman–Crippen LogP) is 1.19. The molecule has 1 aromatic rings. The molecule has 1 aromatic carbocycles. The molecule has 0 bridgehead atoms. The Kier molecular flexibility index (Phi) is 2.88. The van der Waals surface area contributed by atoms with Crippen molar-refractivity contribution in [2.24, 2.45) is 0 Å². The van der Waals surface area contributed by atoms with Crippen molar-refractivity contribution in [1.82, 2.24) is 0 Å². The van der Waals surface area contributed by atoms with Crippen molar-refractivity contribution in [2.45, 2.75) is 6.10 Å². The molecule has 1 aliphatic heterocycles. The third kappa shape index (κ3) is 2.02. The first-order valence-corrected chi connectivity index (χ1v) is 5.15. The lowest BCUT2D eigenvalue weighted by Gasteiger charge is -2.30. The monoisotopic (exact) mass is 232 g/mol. The molecule has 0 fully saturated rings. The van der Waals surface area contributed by atoms with Gasteiger partial charge in [-0.25, -0.2) is 4.79 Å². The van der Waals surface area contributed by atoms with Gasteiger partial charge in [-0.3, -0.25) is 0 Å². The van der Waals surface area contributed by atoms with Gasteiger partial charge in [-0.2, -0.15) is 5.26 Å². The van der Waals surface area contributed by atoms with Crippen molar-refractivity contribution in [3.05, 3.63) is 23.8 Å². The molecule has 0 spiro atoms. The Bertz CT molecular complexity index is 493. The molecule has 1 atom stereocenters. The van der Waals surface area contributed by atoms with Crippen molar-refractivity contribution >= 4 is 11.7 Å². The lowest BCUT2D eigenvalue weighted by Crippen LogP contribution is -2.36. The number of fused-ring (bicyclic) bond motifs is 1. The number of benzene rings is 1. The van der Waals surface area contributed by atoms with Gasteiger partial charge in [0.1, 0.15) is 11.8 Å². The quantitative estimate of drug-likeness (QED) is 0.681. The second-order valence-corrected chi connectivity index (χ2v) is 3.79. The minimum atomic E-state index is -0.475. The van der Waals surface area contributed by atoms with Gasteiger partial charge in [0, 0.05) is 7.05 Å². The van der Waals surface area contributed by atoms with Crippen LogP contribution < -0.4 is 9.64 Å². The molecule has 1 unspecified atom stereocenters. The van der Waals surface area contributed by atoms with Crippen molar-refractivity contribution in [1.29, 1.82) is 5.26 Å². The molecule has 1 aliphatic rings. The first kappa shape index (κ1) is 11.3. The van der Waals surface area contributed by atoms with Crippen LogP contribution in [-0.4, -0.2) is 32.8 Å². The van der Waals surface area contributed by atoms with Crippen LogP contribution in [-0.2, 0) is 4.74 Å². The summed E-state index contributed by atoms with van der Waals surface area (Å²) in [7, 11) is 3.19. The highest BCUT2D eigenvalue weighted by atomic mass is 16.5. The highest BCUT2D eigenvalue weighted by Crippen LogP contribution is 2.33. The molecule has 1 heterocycles. The average molecular weight is 232 g/mol. The Morgan fingerprint density at radius 1 is 1.65 bits per heavy atom. The topological polar surface area (TPSA) is 62.6 Å². The van der Waals surface area contributed by atoms with E-state index in [9.17, 15) is 4.79 Å². The van der Waals surface area contributed by atoms with Crippen LogP contribution in [0.15, 0.2) is 18.2 Å². The summed E-state index contributed by atoms with van der Waals surface area (Å²) < 4.78 is 10.1. The first-order valence-electron chi connectivity index (χ1n) is 5.15. The van der Waals surface area contributed by atoms with E-state index < -0.39 is 6.10 Å². The molecular weight excluding hydrogens is 220 g/mol. The number of rotatable bonds is 1. The van der Waals surface area contributed by atoms with E-state index in [4.69, 9.17) is 10.00 Å². The number of methoxy groups -OCH3 is 1. The summed E-state index contributed by atoms with van der Waals surface area (Å²) in [6.45, 7) is 0.480. The number of likely N-dealkylation sites (N-methyl/N-ethyl adjacent to an activating group) is 1. The van der Waals surface area contributed by atoms with E-state index in [2.05, 4.69) is 10.8 Å². The number of carbonyl (C=O) groups is 1. The van der Waals surface area contributed by atoms with Gasteiger partial charge in [-0.15, -0.1) is 0 Å². The van der Waals surface area contributed by atoms with E-state index in [1.54, 1.807) is 18.2 Å². The summed E-state index contributed by atoms with van der Waals surface area (Å²) in [5.41, 5.74) is 1.26. The second-order valence-electron chi connectivity index (χ2n) is 3.79. The maximum Gasteiger partial charge on any atom is 0.337 e. The third-order valence-corrected chi connectivity index (χ3v) is 2.64. The maximum absolute atomic E-state index is 11.4. The summed E-state index contributed by atoms with van der Waals surface area (Å²) in [4.78, 5) is 13.3. The Hall–Kier alpha value is -2.22. The van der Waals surface area contributed by atoms with Crippen LogP contribution in [0.2, 0.25) is 0 Å². The van der Waals surface area contributed by atoms with Gasteiger partial charge < -0.3 is 14.4 Å². The van der Waals surface area contributed by atoms with Crippen LogP contribution in [0.25, 0.3) is 0 Å². The van der Waals surface area contributed by atoms with Crippen LogP contribution in [0.3, 0.4) is 0 Å². The van der Waals surface area contributed by atoms with Gasteiger partial charge >= 0.3 is 5.97 Å². The van der Waals surface area contributed by atoms with Crippen molar-refractivity contribution < 1.29 is 14.3 Å². The summed E-state index contributed by atoms with van der Waals surface area (Å²) in [6.07, 6.45) is -0.475. The first-order chi connectivity index (χ1) is 8.15.